The summed E-state index contributed by atoms with van der Waals surface area (Å²) in [6.07, 6.45) is -4.41. The molecule has 0 saturated heterocycles. The van der Waals surface area contributed by atoms with E-state index in [0.29, 0.717) is 0 Å². The second-order valence-corrected chi connectivity index (χ2v) is 3.57. The lowest BCUT2D eigenvalue weighted by molar-refractivity contribution is -0.126. The van der Waals surface area contributed by atoms with Gasteiger partial charge in [-0.3, -0.25) is 4.79 Å². The van der Waals surface area contributed by atoms with Gasteiger partial charge in [0.25, 0.3) is 0 Å². The zero-order valence-corrected chi connectivity index (χ0v) is 9.51. The normalized spacial score (nSPS) is 10.9. The Kier molecular flexibility index (Phi) is 4.83. The number of carbonyl (C=O) groups is 1. The van der Waals surface area contributed by atoms with Gasteiger partial charge in [-0.25, -0.2) is 4.39 Å². The first kappa shape index (κ1) is 14.9. The number of nitrogens with zero attached hydrogens (tertiary/aromatic N) is 1. The summed E-state index contributed by atoms with van der Waals surface area (Å²) in [5.74, 6) is -1.41. The van der Waals surface area contributed by atoms with Crippen LogP contribution in [0.1, 0.15) is 5.56 Å². The van der Waals surface area contributed by atoms with E-state index in [1.54, 1.807) is 6.07 Å². The molecule has 2 N–H and O–H groups in total. The molecule has 0 aromatic heterocycles. The minimum absolute atomic E-state index is 0.0442. The van der Waals surface area contributed by atoms with Crippen LogP contribution in [-0.4, -0.2) is 25.2 Å². The quantitative estimate of drug-likeness (QED) is 0.823. The molecule has 1 amide bonds. The summed E-state index contributed by atoms with van der Waals surface area (Å²) < 4.78 is 48.3. The van der Waals surface area contributed by atoms with E-state index in [1.807, 2.05) is 5.32 Å². The highest BCUT2D eigenvalue weighted by molar-refractivity contribution is 5.93. The fourth-order valence-electron chi connectivity index (χ4n) is 1.23. The third-order valence-corrected chi connectivity index (χ3v) is 1.99. The third kappa shape index (κ3) is 5.35. The molecular formula is C11H9F4N3O. The van der Waals surface area contributed by atoms with Crippen LogP contribution in [0.3, 0.4) is 0 Å². The molecule has 0 heterocycles. The third-order valence-electron chi connectivity index (χ3n) is 1.99. The number of hydrogen-bond donors (Lipinski definition) is 2. The fraction of sp³-hybridized carbons (Fsp3) is 0.273. The molecule has 0 saturated carbocycles. The second-order valence-electron chi connectivity index (χ2n) is 3.57. The summed E-state index contributed by atoms with van der Waals surface area (Å²) in [5, 5.41) is 12.8. The van der Waals surface area contributed by atoms with Gasteiger partial charge in [0.05, 0.1) is 24.3 Å². The van der Waals surface area contributed by atoms with Gasteiger partial charge in [0.1, 0.15) is 11.9 Å². The summed E-state index contributed by atoms with van der Waals surface area (Å²) in [6.45, 7) is -1.86. The molecule has 0 atom stereocenters. The smallest absolute Gasteiger partial charge is 0.324 e. The highest BCUT2D eigenvalue weighted by atomic mass is 19.4. The van der Waals surface area contributed by atoms with Gasteiger partial charge in [-0.15, -0.1) is 0 Å². The van der Waals surface area contributed by atoms with Crippen LogP contribution in [0.2, 0.25) is 0 Å². The first-order valence-corrected chi connectivity index (χ1v) is 5.09. The number of rotatable bonds is 4. The molecule has 0 aliphatic heterocycles. The summed E-state index contributed by atoms with van der Waals surface area (Å²) in [6, 6.07) is 4.77. The van der Waals surface area contributed by atoms with E-state index in [1.165, 1.54) is 0 Å². The first-order chi connectivity index (χ1) is 8.81. The number of carbonyl (C=O) groups excluding carboxylic acids is 1. The molecule has 0 bridgehead atoms. The second kappa shape index (κ2) is 6.15. The van der Waals surface area contributed by atoms with E-state index in [9.17, 15) is 22.4 Å². The predicted octanol–water partition coefficient (Wildman–Crippen LogP) is 1.79. The minimum atomic E-state index is -4.41. The first-order valence-electron chi connectivity index (χ1n) is 5.09. The van der Waals surface area contributed by atoms with Gasteiger partial charge < -0.3 is 10.6 Å². The SMILES string of the molecule is N#Cc1cc(F)ccc1NC(=O)CNCC(F)(F)F. The van der Waals surface area contributed by atoms with Crippen molar-refractivity contribution < 1.29 is 22.4 Å². The Morgan fingerprint density at radius 1 is 1.37 bits per heavy atom. The van der Waals surface area contributed by atoms with Crippen molar-refractivity contribution in [3.8, 4) is 6.07 Å². The van der Waals surface area contributed by atoms with E-state index < -0.39 is 31.0 Å². The van der Waals surface area contributed by atoms with Crippen molar-refractivity contribution in [2.24, 2.45) is 0 Å². The molecule has 0 aliphatic rings. The molecule has 0 spiro atoms. The van der Waals surface area contributed by atoms with Crippen LogP contribution in [0, 0.1) is 17.1 Å². The molecular weight excluding hydrogens is 266 g/mol. The molecule has 4 nitrogen and oxygen atoms in total. The molecule has 102 valence electrons. The van der Waals surface area contributed by atoms with Crippen LogP contribution >= 0.6 is 0 Å². The maximum Gasteiger partial charge on any atom is 0.401 e. The van der Waals surface area contributed by atoms with Crippen molar-refractivity contribution in [3.63, 3.8) is 0 Å². The zero-order chi connectivity index (χ0) is 14.5. The Morgan fingerprint density at radius 2 is 2.05 bits per heavy atom. The van der Waals surface area contributed by atoms with Crippen molar-refractivity contribution >= 4 is 11.6 Å². The number of anilines is 1. The minimum Gasteiger partial charge on any atom is -0.324 e. The number of nitrogens with one attached hydrogen (secondary N) is 2. The Bertz CT molecular complexity index is 508. The largest absolute Gasteiger partial charge is 0.401 e. The number of hydrogen-bond acceptors (Lipinski definition) is 3. The molecule has 1 rings (SSSR count). The van der Waals surface area contributed by atoms with Gasteiger partial charge in [0.15, 0.2) is 0 Å². The number of nitriles is 1. The molecule has 8 heteroatoms. The maximum absolute atomic E-state index is 12.8. The van der Waals surface area contributed by atoms with Crippen molar-refractivity contribution in [1.82, 2.24) is 5.32 Å². The summed E-state index contributed by atoms with van der Waals surface area (Å²) in [4.78, 5) is 11.3. The molecule has 0 aliphatic carbocycles. The van der Waals surface area contributed by atoms with Crippen LogP contribution in [0.15, 0.2) is 18.2 Å². The average molecular weight is 275 g/mol. The van der Waals surface area contributed by atoms with Crippen molar-refractivity contribution in [2.75, 3.05) is 18.4 Å². The van der Waals surface area contributed by atoms with E-state index in [0.717, 1.165) is 18.2 Å². The van der Waals surface area contributed by atoms with Crippen molar-refractivity contribution in [2.45, 2.75) is 6.18 Å². The Hall–Kier alpha value is -2.14. The Balaban J connectivity index is 2.56. The van der Waals surface area contributed by atoms with Gasteiger partial charge >= 0.3 is 6.18 Å². The van der Waals surface area contributed by atoms with Crippen LogP contribution < -0.4 is 10.6 Å². The molecule has 19 heavy (non-hydrogen) atoms. The van der Waals surface area contributed by atoms with E-state index >= 15 is 0 Å². The monoisotopic (exact) mass is 275 g/mol. The molecule has 1 aromatic rings. The topological polar surface area (TPSA) is 64.9 Å². The van der Waals surface area contributed by atoms with E-state index in [4.69, 9.17) is 5.26 Å². The summed E-state index contributed by atoms with van der Waals surface area (Å²) >= 11 is 0. The average Bonchev–Trinajstić information content (AvgIpc) is 2.29. The van der Waals surface area contributed by atoms with Gasteiger partial charge in [-0.05, 0) is 18.2 Å². The number of amides is 1. The lowest BCUT2D eigenvalue weighted by Crippen LogP contribution is -2.35. The molecule has 0 fully saturated rings. The summed E-state index contributed by atoms with van der Waals surface area (Å²) in [7, 11) is 0. The van der Waals surface area contributed by atoms with E-state index in [-0.39, 0.29) is 11.3 Å². The maximum atomic E-state index is 12.8. The standard InChI is InChI=1S/C11H9F4N3O/c12-8-1-2-9(7(3-8)4-16)18-10(19)5-17-6-11(13,14)15/h1-3,17H,5-6H2,(H,18,19). The highest BCUT2D eigenvalue weighted by Crippen LogP contribution is 2.16. The fourth-order valence-corrected chi connectivity index (χ4v) is 1.23. The van der Waals surface area contributed by atoms with Crippen molar-refractivity contribution in [3.05, 3.63) is 29.6 Å². The summed E-state index contributed by atoms with van der Waals surface area (Å²) in [5.41, 5.74) is -0.0631. The number of halogens is 4. The molecule has 0 radical (unpaired) electrons. The van der Waals surface area contributed by atoms with Crippen LogP contribution in [0.4, 0.5) is 23.2 Å². The van der Waals surface area contributed by atoms with Gasteiger partial charge in [-0.2, -0.15) is 18.4 Å². The zero-order valence-electron chi connectivity index (χ0n) is 9.51. The molecule has 0 unspecified atom stereocenters. The van der Waals surface area contributed by atoms with Gasteiger partial charge in [0.2, 0.25) is 5.91 Å². The number of benzene rings is 1. The Morgan fingerprint density at radius 3 is 2.63 bits per heavy atom. The van der Waals surface area contributed by atoms with Gasteiger partial charge in [0, 0.05) is 0 Å². The highest BCUT2D eigenvalue weighted by Gasteiger charge is 2.26. The lowest BCUT2D eigenvalue weighted by atomic mass is 10.2. The lowest BCUT2D eigenvalue weighted by Gasteiger charge is -2.09. The van der Waals surface area contributed by atoms with Crippen LogP contribution in [0.5, 0.6) is 0 Å². The van der Waals surface area contributed by atoms with Crippen molar-refractivity contribution in [1.29, 1.82) is 5.26 Å². The van der Waals surface area contributed by atoms with E-state index in [2.05, 4.69) is 5.32 Å². The van der Waals surface area contributed by atoms with Crippen LogP contribution in [0.25, 0.3) is 0 Å². The van der Waals surface area contributed by atoms with Crippen LogP contribution in [-0.2, 0) is 4.79 Å². The Labute approximate surface area is 106 Å². The van der Waals surface area contributed by atoms with Gasteiger partial charge in [-0.1, -0.05) is 0 Å². The molecule has 1 aromatic carbocycles. The predicted molar refractivity (Wildman–Crippen MR) is 58.7 cm³/mol. The number of alkyl halides is 3.